The Hall–Kier alpha value is -3.38. The molecule has 3 atom stereocenters. The van der Waals surface area contributed by atoms with Crippen LogP contribution in [0.3, 0.4) is 0 Å². The molecule has 0 bridgehead atoms. The summed E-state index contributed by atoms with van der Waals surface area (Å²) in [6.07, 6.45) is 1.77. The van der Waals surface area contributed by atoms with Crippen molar-refractivity contribution in [2.24, 2.45) is 0 Å². The van der Waals surface area contributed by atoms with Gasteiger partial charge in [-0.25, -0.2) is 19.7 Å². The summed E-state index contributed by atoms with van der Waals surface area (Å²) in [6.45, 7) is 11.2. The number of rotatable bonds is 6. The minimum Gasteiger partial charge on any atom is -0.414 e. The maximum atomic E-state index is 12.9. The molecule has 11 heteroatoms. The predicted molar refractivity (Wildman–Crippen MR) is 150 cm³/mol. The van der Waals surface area contributed by atoms with E-state index in [9.17, 15) is 9.90 Å². The number of amides is 2. The number of nitrogens with one attached hydrogen (secondary N) is 2. The van der Waals surface area contributed by atoms with Crippen molar-refractivity contribution < 1.29 is 19.1 Å². The van der Waals surface area contributed by atoms with Crippen LogP contribution in [0.2, 0.25) is 18.1 Å². The van der Waals surface area contributed by atoms with E-state index in [1.165, 1.54) is 6.33 Å². The highest BCUT2D eigenvalue weighted by Gasteiger charge is 2.41. The zero-order valence-electron chi connectivity index (χ0n) is 22.3. The molecule has 3 N–H and O–H groups in total. The molecule has 10 nitrogen and oxygen atoms in total. The number of aromatic nitrogens is 4. The van der Waals surface area contributed by atoms with Gasteiger partial charge in [0.2, 0.25) is 0 Å². The number of hydrogen-bond donors (Lipinski definition) is 3. The van der Waals surface area contributed by atoms with Crippen LogP contribution in [0.15, 0.2) is 55.1 Å². The number of benzene rings is 2. The number of carbonyl (C=O) groups is 1. The van der Waals surface area contributed by atoms with Gasteiger partial charge in [0, 0.05) is 11.8 Å². The minimum atomic E-state index is -1.98. The van der Waals surface area contributed by atoms with E-state index >= 15 is 0 Å². The van der Waals surface area contributed by atoms with Crippen molar-refractivity contribution in [3.05, 3.63) is 55.1 Å². The molecule has 0 spiro atoms. The van der Waals surface area contributed by atoms with Gasteiger partial charge >= 0.3 is 6.03 Å². The van der Waals surface area contributed by atoms with Gasteiger partial charge < -0.3 is 19.6 Å². The fourth-order valence-corrected chi connectivity index (χ4v) is 5.31. The topological polar surface area (TPSA) is 123 Å². The zero-order chi connectivity index (χ0) is 27.1. The molecule has 0 saturated carbocycles. The highest BCUT2D eigenvalue weighted by molar-refractivity contribution is 6.74. The molecule has 2 aromatic carbocycles. The highest BCUT2D eigenvalue weighted by atomic mass is 28.4. The largest absolute Gasteiger partial charge is 0.414 e. The number of anilines is 2. The Kier molecular flexibility index (Phi) is 6.95. The first-order valence-corrected chi connectivity index (χ1v) is 15.6. The third-order valence-electron chi connectivity index (χ3n) is 7.56. The number of urea groups is 1. The van der Waals surface area contributed by atoms with Crippen molar-refractivity contribution in [2.75, 3.05) is 17.2 Å². The minimum absolute atomic E-state index is 0.0662. The predicted octanol–water partition coefficient (Wildman–Crippen LogP) is 5.29. The smallest absolute Gasteiger partial charge is 0.324 e. The van der Waals surface area contributed by atoms with Crippen LogP contribution in [0.25, 0.3) is 21.9 Å². The van der Waals surface area contributed by atoms with E-state index in [1.807, 2.05) is 42.5 Å². The van der Waals surface area contributed by atoms with Gasteiger partial charge in [0.1, 0.15) is 18.7 Å². The Morgan fingerprint density at radius 2 is 1.89 bits per heavy atom. The van der Waals surface area contributed by atoms with Gasteiger partial charge in [0.15, 0.2) is 25.3 Å². The average Bonchev–Trinajstić information content (AvgIpc) is 3.46. The first-order valence-electron chi connectivity index (χ1n) is 12.7. The number of ether oxygens (including phenoxy) is 1. The lowest BCUT2D eigenvalue weighted by molar-refractivity contribution is -0.0405. The van der Waals surface area contributed by atoms with Crippen molar-refractivity contribution in [1.29, 1.82) is 0 Å². The van der Waals surface area contributed by atoms with Crippen LogP contribution < -0.4 is 10.6 Å². The van der Waals surface area contributed by atoms with Gasteiger partial charge in [-0.3, -0.25) is 9.88 Å². The van der Waals surface area contributed by atoms with Gasteiger partial charge in [-0.05, 0) is 29.6 Å². The van der Waals surface area contributed by atoms with Gasteiger partial charge in [-0.2, -0.15) is 0 Å². The molecule has 1 fully saturated rings. The van der Waals surface area contributed by atoms with Crippen molar-refractivity contribution in [3.63, 3.8) is 0 Å². The number of carbonyl (C=O) groups excluding carboxylic acids is 1. The summed E-state index contributed by atoms with van der Waals surface area (Å²) in [4.78, 5) is 25.9. The monoisotopic (exact) mass is 534 g/mol. The summed E-state index contributed by atoms with van der Waals surface area (Å²) < 4.78 is 14.2. The molecular weight excluding hydrogens is 500 g/mol. The molecule has 5 rings (SSSR count). The van der Waals surface area contributed by atoms with E-state index in [-0.39, 0.29) is 10.9 Å². The van der Waals surface area contributed by atoms with E-state index in [1.54, 1.807) is 10.9 Å². The molecule has 0 radical (unpaired) electrons. The van der Waals surface area contributed by atoms with E-state index in [2.05, 4.69) is 59.5 Å². The van der Waals surface area contributed by atoms with Gasteiger partial charge in [-0.1, -0.05) is 57.2 Å². The molecule has 1 aliphatic rings. The highest BCUT2D eigenvalue weighted by Crippen LogP contribution is 2.38. The Bertz CT molecular complexity index is 1460. The summed E-state index contributed by atoms with van der Waals surface area (Å²) >= 11 is 0. The Labute approximate surface area is 222 Å². The Morgan fingerprint density at radius 3 is 2.68 bits per heavy atom. The summed E-state index contributed by atoms with van der Waals surface area (Å²) in [5.41, 5.74) is 1.62. The van der Waals surface area contributed by atoms with E-state index < -0.39 is 32.8 Å². The molecule has 0 unspecified atom stereocenters. The first kappa shape index (κ1) is 26.2. The lowest BCUT2D eigenvalue weighted by atomic mass is 10.1. The molecule has 2 amide bonds. The summed E-state index contributed by atoms with van der Waals surface area (Å²) in [6, 6.07) is 13.1. The van der Waals surface area contributed by atoms with Gasteiger partial charge in [0.25, 0.3) is 0 Å². The van der Waals surface area contributed by atoms with Crippen molar-refractivity contribution >= 4 is 47.8 Å². The standard InChI is InChI=1S/C27H34N6O4Si/c1-27(2,3)38(4,5)36-14-21-20(34)13-22(37-21)33-16-30-23-24(28-15-29-25(23)33)32-26(35)31-19-12-8-10-17-9-6-7-11-18(17)19/h6-12,15-16,20-22,34H,13-14H2,1-5H3,(H2,28,29,31,32,35)/t20-,21+,22+/m0/s1. The SMILES string of the molecule is CC(C)(C)[Si](C)(C)OC[C@H]1O[C@@H](n2cnc3c(NC(=O)Nc4cccc5ccccc45)ncnc32)C[C@@H]1O. The Balaban J connectivity index is 1.29. The third kappa shape index (κ3) is 5.14. The van der Waals surface area contributed by atoms with Crippen molar-refractivity contribution in [3.8, 4) is 0 Å². The van der Waals surface area contributed by atoms with Crippen molar-refractivity contribution in [2.45, 2.75) is 63.8 Å². The quantitative estimate of drug-likeness (QED) is 0.287. The fourth-order valence-electron chi connectivity index (χ4n) is 4.29. The average molecular weight is 535 g/mol. The summed E-state index contributed by atoms with van der Waals surface area (Å²) in [5.74, 6) is 0.280. The fraction of sp³-hybridized carbons (Fsp3) is 0.407. The lowest BCUT2D eigenvalue weighted by Crippen LogP contribution is -2.43. The molecule has 3 heterocycles. The van der Waals surface area contributed by atoms with Crippen molar-refractivity contribution in [1.82, 2.24) is 19.5 Å². The molecule has 0 aliphatic carbocycles. The summed E-state index contributed by atoms with van der Waals surface area (Å²) in [5, 5.41) is 18.4. The number of hydrogen-bond acceptors (Lipinski definition) is 7. The number of fused-ring (bicyclic) bond motifs is 2. The van der Waals surface area contributed by atoms with Crippen LogP contribution in [0.1, 0.15) is 33.4 Å². The Morgan fingerprint density at radius 1 is 1.13 bits per heavy atom. The first-order chi connectivity index (χ1) is 18.0. The van der Waals surface area contributed by atoms with Crippen LogP contribution in [-0.2, 0) is 9.16 Å². The molecule has 38 heavy (non-hydrogen) atoms. The number of imidazole rings is 1. The lowest BCUT2D eigenvalue weighted by Gasteiger charge is -2.37. The van der Waals surface area contributed by atoms with Crippen LogP contribution in [-0.4, -0.2) is 57.8 Å². The molecule has 200 valence electrons. The number of nitrogens with zero attached hydrogens (tertiary/aromatic N) is 4. The second-order valence-electron chi connectivity index (χ2n) is 11.2. The number of aliphatic hydroxyl groups is 1. The molecular formula is C27H34N6O4Si. The van der Waals surface area contributed by atoms with Crippen LogP contribution >= 0.6 is 0 Å². The molecule has 1 aliphatic heterocycles. The molecule has 1 saturated heterocycles. The third-order valence-corrected chi connectivity index (χ3v) is 12.1. The van der Waals surface area contributed by atoms with E-state index in [0.29, 0.717) is 29.9 Å². The maximum absolute atomic E-state index is 12.9. The van der Waals surface area contributed by atoms with E-state index in [0.717, 1.165) is 10.8 Å². The van der Waals surface area contributed by atoms with Crippen LogP contribution in [0.5, 0.6) is 0 Å². The second kappa shape index (κ2) is 10.1. The molecule has 2 aromatic heterocycles. The number of aliphatic hydroxyl groups excluding tert-OH is 1. The van der Waals surface area contributed by atoms with E-state index in [4.69, 9.17) is 9.16 Å². The van der Waals surface area contributed by atoms with Crippen LogP contribution in [0.4, 0.5) is 16.3 Å². The zero-order valence-corrected chi connectivity index (χ0v) is 23.3. The molecule has 4 aromatic rings. The van der Waals surface area contributed by atoms with Crippen LogP contribution in [0, 0.1) is 0 Å². The van der Waals surface area contributed by atoms with Gasteiger partial charge in [-0.15, -0.1) is 0 Å². The second-order valence-corrected chi connectivity index (χ2v) is 16.0. The summed E-state index contributed by atoms with van der Waals surface area (Å²) in [7, 11) is -1.98. The normalized spacial score (nSPS) is 20.2. The maximum Gasteiger partial charge on any atom is 0.324 e. The van der Waals surface area contributed by atoms with Gasteiger partial charge in [0.05, 0.1) is 24.7 Å².